The van der Waals surface area contributed by atoms with Crippen molar-refractivity contribution in [2.24, 2.45) is 0 Å². The number of hydrogen-bond donors (Lipinski definition) is 2. The molecular weight excluding hydrogens is 326 g/mol. The van der Waals surface area contributed by atoms with Crippen molar-refractivity contribution < 1.29 is 18.4 Å². The number of rotatable bonds is 3. The normalized spacial score (nSPS) is 13.0. The number of anilines is 2. The molecule has 0 bridgehead atoms. The quantitative estimate of drug-likeness (QED) is 0.835. The van der Waals surface area contributed by atoms with Crippen LogP contribution in [0.4, 0.5) is 20.2 Å². The van der Waals surface area contributed by atoms with Gasteiger partial charge in [0.15, 0.2) is 0 Å². The van der Waals surface area contributed by atoms with E-state index in [0.717, 1.165) is 22.9 Å². The first-order valence-corrected chi connectivity index (χ1v) is 7.72. The molecule has 0 aromatic heterocycles. The second-order valence-electron chi connectivity index (χ2n) is 5.93. The zero-order valence-corrected chi connectivity index (χ0v) is 13.7. The Morgan fingerprint density at radius 2 is 1.84 bits per heavy atom. The number of carbonyl (C=O) groups is 2. The third-order valence-corrected chi connectivity index (χ3v) is 4.15. The van der Waals surface area contributed by atoms with Gasteiger partial charge in [0.05, 0.1) is 12.1 Å². The molecule has 0 saturated carbocycles. The summed E-state index contributed by atoms with van der Waals surface area (Å²) >= 11 is 0. The van der Waals surface area contributed by atoms with Crippen LogP contribution in [0.5, 0.6) is 0 Å². The van der Waals surface area contributed by atoms with E-state index in [1.165, 1.54) is 19.9 Å². The van der Waals surface area contributed by atoms with Crippen molar-refractivity contribution in [1.82, 2.24) is 0 Å². The van der Waals surface area contributed by atoms with Crippen molar-refractivity contribution in [2.75, 3.05) is 10.6 Å². The summed E-state index contributed by atoms with van der Waals surface area (Å²) < 4.78 is 27.3. The van der Waals surface area contributed by atoms with E-state index in [0.29, 0.717) is 6.42 Å². The van der Waals surface area contributed by atoms with E-state index in [1.54, 1.807) is 18.2 Å². The highest BCUT2D eigenvalue weighted by molar-refractivity contribution is 6.03. The lowest BCUT2D eigenvalue weighted by Gasteiger charge is -2.12. The molecule has 25 heavy (non-hydrogen) atoms. The summed E-state index contributed by atoms with van der Waals surface area (Å²) in [5, 5.41) is 5.25. The molecule has 3 rings (SSSR count). The molecule has 2 N–H and O–H groups in total. The van der Waals surface area contributed by atoms with E-state index in [9.17, 15) is 18.4 Å². The van der Waals surface area contributed by atoms with Crippen LogP contribution in [0.3, 0.4) is 0 Å². The van der Waals surface area contributed by atoms with E-state index in [4.69, 9.17) is 0 Å². The van der Waals surface area contributed by atoms with Gasteiger partial charge in [-0.2, -0.15) is 0 Å². The van der Waals surface area contributed by atoms with Crippen molar-refractivity contribution in [3.63, 3.8) is 0 Å². The van der Waals surface area contributed by atoms with E-state index in [1.807, 2.05) is 6.07 Å². The monoisotopic (exact) mass is 342 g/mol. The highest BCUT2D eigenvalue weighted by atomic mass is 19.1. The molecule has 0 saturated heterocycles. The maximum absolute atomic E-state index is 13.6. The molecule has 4 nitrogen and oxygen atoms in total. The van der Waals surface area contributed by atoms with Crippen molar-refractivity contribution in [2.45, 2.75) is 20.3 Å². The fraction of sp³-hybridized carbons (Fsp3) is 0.158. The topological polar surface area (TPSA) is 58.2 Å². The van der Waals surface area contributed by atoms with Crippen LogP contribution in [-0.2, 0) is 16.0 Å². The van der Waals surface area contributed by atoms with Gasteiger partial charge < -0.3 is 10.6 Å². The average molecular weight is 342 g/mol. The van der Waals surface area contributed by atoms with Crippen LogP contribution in [0.15, 0.2) is 30.3 Å². The molecule has 0 unspecified atom stereocenters. The average Bonchev–Trinajstić information content (AvgIpc) is 2.94. The van der Waals surface area contributed by atoms with Crippen LogP contribution in [0, 0.1) is 25.5 Å². The molecule has 0 aliphatic carbocycles. The number of hydrogen-bond acceptors (Lipinski definition) is 2. The van der Waals surface area contributed by atoms with Gasteiger partial charge >= 0.3 is 0 Å². The smallest absolute Gasteiger partial charge is 0.248 e. The number of nitrogens with one attached hydrogen (secondary N) is 2. The van der Waals surface area contributed by atoms with Gasteiger partial charge in [-0.15, -0.1) is 0 Å². The Morgan fingerprint density at radius 1 is 1.16 bits per heavy atom. The predicted molar refractivity (Wildman–Crippen MR) is 92.3 cm³/mol. The Bertz CT molecular complexity index is 894. The predicted octanol–water partition coefficient (Wildman–Crippen LogP) is 3.73. The van der Waals surface area contributed by atoms with Crippen molar-refractivity contribution in [3.8, 4) is 0 Å². The van der Waals surface area contributed by atoms with Crippen molar-refractivity contribution >= 4 is 29.3 Å². The molecule has 6 heteroatoms. The zero-order valence-electron chi connectivity index (χ0n) is 13.7. The third-order valence-electron chi connectivity index (χ3n) is 4.15. The maximum Gasteiger partial charge on any atom is 0.248 e. The molecule has 2 amide bonds. The summed E-state index contributed by atoms with van der Waals surface area (Å²) in [6.45, 7) is 2.95. The van der Waals surface area contributed by atoms with E-state index >= 15 is 0 Å². The van der Waals surface area contributed by atoms with Crippen LogP contribution >= 0.6 is 0 Å². The Hall–Kier alpha value is -3.02. The van der Waals surface area contributed by atoms with E-state index in [-0.39, 0.29) is 22.7 Å². The van der Waals surface area contributed by atoms with Crippen LogP contribution < -0.4 is 10.6 Å². The molecule has 128 valence electrons. The van der Waals surface area contributed by atoms with Crippen LogP contribution in [0.25, 0.3) is 6.08 Å². The summed E-state index contributed by atoms with van der Waals surface area (Å²) in [6.07, 6.45) is 3.20. The van der Waals surface area contributed by atoms with Crippen LogP contribution in [0.1, 0.15) is 22.3 Å². The minimum Gasteiger partial charge on any atom is -0.326 e. The number of amides is 2. The SMILES string of the molecule is Cc1c(F)cc(F)c(C)c1NC(=O)/C=C/c1ccc2c(c1)NC(=O)C2. The fourth-order valence-electron chi connectivity index (χ4n) is 2.71. The van der Waals surface area contributed by atoms with Crippen molar-refractivity contribution in [1.29, 1.82) is 0 Å². The number of fused-ring (bicyclic) bond motifs is 1. The van der Waals surface area contributed by atoms with Gasteiger partial charge in [-0.25, -0.2) is 8.78 Å². The summed E-state index contributed by atoms with van der Waals surface area (Å²) in [7, 11) is 0. The second kappa shape index (κ2) is 6.47. The molecule has 1 aliphatic heterocycles. The number of benzene rings is 2. The molecule has 0 spiro atoms. The molecule has 0 radical (unpaired) electrons. The summed E-state index contributed by atoms with van der Waals surface area (Å²) in [5.74, 6) is -1.98. The van der Waals surface area contributed by atoms with Gasteiger partial charge in [-0.05, 0) is 37.1 Å². The van der Waals surface area contributed by atoms with Gasteiger partial charge in [0.25, 0.3) is 0 Å². The maximum atomic E-state index is 13.6. The van der Waals surface area contributed by atoms with Crippen LogP contribution in [0.2, 0.25) is 0 Å². The Balaban J connectivity index is 1.77. The first kappa shape index (κ1) is 16.8. The Kier molecular flexibility index (Phi) is 4.35. The lowest BCUT2D eigenvalue weighted by molar-refractivity contribution is -0.115. The van der Waals surface area contributed by atoms with Crippen molar-refractivity contribution in [3.05, 3.63) is 64.2 Å². The molecule has 0 fully saturated rings. The molecule has 0 atom stereocenters. The minimum absolute atomic E-state index is 0.0621. The van der Waals surface area contributed by atoms with Gasteiger partial charge in [-0.3, -0.25) is 9.59 Å². The van der Waals surface area contributed by atoms with E-state index in [2.05, 4.69) is 10.6 Å². The minimum atomic E-state index is -0.711. The fourth-order valence-corrected chi connectivity index (χ4v) is 2.71. The number of carbonyl (C=O) groups excluding carboxylic acids is 2. The zero-order chi connectivity index (χ0) is 18.1. The Labute approximate surface area is 143 Å². The largest absolute Gasteiger partial charge is 0.326 e. The Morgan fingerprint density at radius 3 is 2.52 bits per heavy atom. The van der Waals surface area contributed by atoms with E-state index < -0.39 is 17.5 Å². The second-order valence-corrected chi connectivity index (χ2v) is 5.93. The first-order valence-electron chi connectivity index (χ1n) is 7.72. The number of halogens is 2. The standard InChI is InChI=1S/C19H16F2N2O2/c1-10-14(20)9-15(21)11(2)19(10)23-17(24)6-4-12-3-5-13-8-18(25)22-16(13)7-12/h3-7,9H,8H2,1-2H3,(H,22,25)(H,23,24)/b6-4+. The van der Waals surface area contributed by atoms with Gasteiger partial charge in [0.2, 0.25) is 11.8 Å². The summed E-state index contributed by atoms with van der Waals surface area (Å²) in [5.41, 5.74) is 2.87. The highest BCUT2D eigenvalue weighted by Crippen LogP contribution is 2.26. The van der Waals surface area contributed by atoms with Crippen LogP contribution in [-0.4, -0.2) is 11.8 Å². The van der Waals surface area contributed by atoms with Gasteiger partial charge in [-0.1, -0.05) is 12.1 Å². The molecule has 2 aromatic carbocycles. The molecule has 2 aromatic rings. The molecule has 1 aliphatic rings. The summed E-state index contributed by atoms with van der Waals surface area (Å²) in [4.78, 5) is 23.4. The molecular formula is C19H16F2N2O2. The van der Waals surface area contributed by atoms with Gasteiger partial charge in [0, 0.05) is 29.0 Å². The summed E-state index contributed by atoms with van der Waals surface area (Å²) in [6, 6.07) is 6.18. The lowest BCUT2D eigenvalue weighted by Crippen LogP contribution is -2.12. The third kappa shape index (κ3) is 3.42. The highest BCUT2D eigenvalue weighted by Gasteiger charge is 2.17. The molecule has 1 heterocycles. The first-order chi connectivity index (χ1) is 11.8. The lowest BCUT2D eigenvalue weighted by atomic mass is 10.1. The van der Waals surface area contributed by atoms with Gasteiger partial charge in [0.1, 0.15) is 11.6 Å².